The van der Waals surface area contributed by atoms with Crippen molar-refractivity contribution in [3.63, 3.8) is 0 Å². The number of halogens is 2. The lowest BCUT2D eigenvalue weighted by Gasteiger charge is -2.29. The molecule has 0 unspecified atom stereocenters. The molecular formula is C10H12Cl2N2OS. The lowest BCUT2D eigenvalue weighted by molar-refractivity contribution is 0.673. The van der Waals surface area contributed by atoms with Crippen molar-refractivity contribution in [2.24, 2.45) is 0 Å². The van der Waals surface area contributed by atoms with E-state index >= 15 is 0 Å². The summed E-state index contributed by atoms with van der Waals surface area (Å²) in [6, 6.07) is 3.43. The first kappa shape index (κ1) is 12.0. The molecule has 2 N–H and O–H groups in total. The number of nitrogens with two attached hydrogens (primary N) is 1. The first-order valence-corrected chi connectivity index (χ1v) is 7.17. The van der Waals surface area contributed by atoms with Crippen LogP contribution in [0.25, 0.3) is 0 Å². The zero-order chi connectivity index (χ0) is 11.7. The molecule has 1 aliphatic heterocycles. The molecule has 1 saturated heterocycles. The first-order chi connectivity index (χ1) is 7.58. The summed E-state index contributed by atoms with van der Waals surface area (Å²) in [5.74, 6) is 1.36. The molecule has 0 bridgehead atoms. The molecule has 88 valence electrons. The molecular weight excluding hydrogens is 267 g/mol. The molecule has 0 radical (unpaired) electrons. The average Bonchev–Trinajstić information content (AvgIpc) is 2.25. The van der Waals surface area contributed by atoms with E-state index in [1.807, 2.05) is 0 Å². The largest absolute Gasteiger partial charge is 0.397 e. The van der Waals surface area contributed by atoms with Gasteiger partial charge in [-0.15, -0.1) is 0 Å². The van der Waals surface area contributed by atoms with E-state index in [9.17, 15) is 4.21 Å². The normalized spacial score (nSPS) is 17.8. The number of hydrogen-bond acceptors (Lipinski definition) is 3. The third-order valence-corrected chi connectivity index (χ3v) is 4.59. The van der Waals surface area contributed by atoms with Crippen LogP contribution < -0.4 is 10.6 Å². The number of nitrogens with zero attached hydrogens (tertiary/aromatic N) is 1. The Morgan fingerprint density at radius 1 is 1.19 bits per heavy atom. The number of rotatable bonds is 1. The van der Waals surface area contributed by atoms with E-state index in [4.69, 9.17) is 28.9 Å². The highest BCUT2D eigenvalue weighted by Gasteiger charge is 2.18. The zero-order valence-corrected chi connectivity index (χ0v) is 10.9. The summed E-state index contributed by atoms with van der Waals surface area (Å²) in [5, 5.41) is 0.959. The number of anilines is 2. The van der Waals surface area contributed by atoms with E-state index in [0.717, 1.165) is 18.8 Å². The number of hydrogen-bond donors (Lipinski definition) is 1. The molecule has 0 saturated carbocycles. The predicted octanol–water partition coefficient (Wildman–Crippen LogP) is 2.14. The Morgan fingerprint density at radius 2 is 1.75 bits per heavy atom. The van der Waals surface area contributed by atoms with Crippen molar-refractivity contribution >= 4 is 45.4 Å². The van der Waals surface area contributed by atoms with Gasteiger partial charge in [-0.25, -0.2) is 0 Å². The Balaban J connectivity index is 2.26. The third kappa shape index (κ3) is 2.44. The van der Waals surface area contributed by atoms with Crippen molar-refractivity contribution in [2.45, 2.75) is 0 Å². The van der Waals surface area contributed by atoms with E-state index in [1.54, 1.807) is 12.1 Å². The highest BCUT2D eigenvalue weighted by Crippen LogP contribution is 2.33. The Kier molecular flexibility index (Phi) is 3.62. The molecule has 0 amide bonds. The summed E-state index contributed by atoms with van der Waals surface area (Å²) in [7, 11) is -0.693. The van der Waals surface area contributed by atoms with Gasteiger partial charge in [0.05, 0.1) is 21.4 Å². The van der Waals surface area contributed by atoms with Crippen LogP contribution in [-0.2, 0) is 10.8 Å². The standard InChI is InChI=1S/C10H12Cl2N2OS/c11-7-5-9(13)10(6-8(7)12)14-1-3-16(15)4-2-14/h5-6H,1-4,13H2. The second-order valence-corrected chi connectivity index (χ2v) is 6.17. The molecule has 1 aromatic carbocycles. The van der Waals surface area contributed by atoms with Gasteiger partial charge >= 0.3 is 0 Å². The van der Waals surface area contributed by atoms with Crippen molar-refractivity contribution in [2.75, 3.05) is 35.2 Å². The van der Waals surface area contributed by atoms with Crippen molar-refractivity contribution in [3.05, 3.63) is 22.2 Å². The summed E-state index contributed by atoms with van der Waals surface area (Å²) >= 11 is 11.8. The second-order valence-electron chi connectivity index (χ2n) is 3.66. The van der Waals surface area contributed by atoms with Gasteiger partial charge in [0.1, 0.15) is 0 Å². The lowest BCUT2D eigenvalue weighted by atomic mass is 10.2. The minimum Gasteiger partial charge on any atom is -0.397 e. The molecule has 1 aliphatic rings. The fourth-order valence-electron chi connectivity index (χ4n) is 1.70. The predicted molar refractivity (Wildman–Crippen MR) is 71.0 cm³/mol. The van der Waals surface area contributed by atoms with E-state index in [0.29, 0.717) is 27.2 Å². The molecule has 0 spiro atoms. The van der Waals surface area contributed by atoms with Crippen molar-refractivity contribution in [1.82, 2.24) is 0 Å². The summed E-state index contributed by atoms with van der Waals surface area (Å²) in [4.78, 5) is 2.10. The van der Waals surface area contributed by atoms with E-state index < -0.39 is 10.8 Å². The first-order valence-electron chi connectivity index (χ1n) is 4.92. The van der Waals surface area contributed by atoms with Gasteiger partial charge in [-0.3, -0.25) is 4.21 Å². The quantitative estimate of drug-likeness (QED) is 0.801. The molecule has 0 atom stereocenters. The Bertz CT molecular complexity index is 429. The maximum absolute atomic E-state index is 11.3. The van der Waals surface area contributed by atoms with Gasteiger partial charge in [-0.05, 0) is 12.1 Å². The van der Waals surface area contributed by atoms with E-state index in [-0.39, 0.29) is 0 Å². The van der Waals surface area contributed by atoms with Gasteiger partial charge in [0, 0.05) is 35.4 Å². The van der Waals surface area contributed by atoms with Crippen LogP contribution in [0.5, 0.6) is 0 Å². The summed E-state index contributed by atoms with van der Waals surface area (Å²) in [6.45, 7) is 1.49. The van der Waals surface area contributed by atoms with Gasteiger partial charge in [0.25, 0.3) is 0 Å². The van der Waals surface area contributed by atoms with Gasteiger partial charge in [0.15, 0.2) is 0 Å². The second kappa shape index (κ2) is 4.82. The van der Waals surface area contributed by atoms with Crippen LogP contribution >= 0.6 is 23.2 Å². The van der Waals surface area contributed by atoms with Gasteiger partial charge in [-0.2, -0.15) is 0 Å². The van der Waals surface area contributed by atoms with Gasteiger partial charge < -0.3 is 10.6 Å². The maximum atomic E-state index is 11.3. The van der Waals surface area contributed by atoms with Gasteiger partial charge in [-0.1, -0.05) is 23.2 Å². The summed E-state index contributed by atoms with van der Waals surface area (Å²) in [6.07, 6.45) is 0. The highest BCUT2D eigenvalue weighted by atomic mass is 35.5. The molecule has 16 heavy (non-hydrogen) atoms. The van der Waals surface area contributed by atoms with Crippen molar-refractivity contribution in [1.29, 1.82) is 0 Å². The van der Waals surface area contributed by atoms with E-state index in [1.165, 1.54) is 0 Å². The minimum atomic E-state index is -0.693. The fourth-order valence-corrected chi connectivity index (χ4v) is 3.09. The van der Waals surface area contributed by atoms with Gasteiger partial charge in [0.2, 0.25) is 0 Å². The highest BCUT2D eigenvalue weighted by molar-refractivity contribution is 7.85. The Labute approximate surface area is 107 Å². The van der Waals surface area contributed by atoms with Crippen LogP contribution in [0.1, 0.15) is 0 Å². The third-order valence-electron chi connectivity index (χ3n) is 2.59. The molecule has 1 aromatic rings. The fraction of sp³-hybridized carbons (Fsp3) is 0.400. The van der Waals surface area contributed by atoms with Crippen LogP contribution in [-0.4, -0.2) is 28.8 Å². The Hall–Kier alpha value is -0.450. The van der Waals surface area contributed by atoms with Crippen LogP contribution in [0, 0.1) is 0 Å². The maximum Gasteiger partial charge on any atom is 0.0616 e. The van der Waals surface area contributed by atoms with Crippen LogP contribution in [0.15, 0.2) is 12.1 Å². The number of benzene rings is 1. The van der Waals surface area contributed by atoms with Crippen LogP contribution in [0.2, 0.25) is 10.0 Å². The molecule has 1 heterocycles. The lowest BCUT2D eigenvalue weighted by Crippen LogP contribution is -2.38. The average molecular weight is 279 g/mol. The van der Waals surface area contributed by atoms with Crippen LogP contribution in [0.3, 0.4) is 0 Å². The molecule has 3 nitrogen and oxygen atoms in total. The van der Waals surface area contributed by atoms with Crippen molar-refractivity contribution < 1.29 is 4.21 Å². The summed E-state index contributed by atoms with van der Waals surface area (Å²) < 4.78 is 11.3. The summed E-state index contributed by atoms with van der Waals surface area (Å²) in [5.41, 5.74) is 7.39. The monoisotopic (exact) mass is 278 g/mol. The molecule has 1 fully saturated rings. The molecule has 6 heteroatoms. The molecule has 0 aromatic heterocycles. The topological polar surface area (TPSA) is 46.3 Å². The Morgan fingerprint density at radius 3 is 2.38 bits per heavy atom. The smallest absolute Gasteiger partial charge is 0.0616 e. The van der Waals surface area contributed by atoms with Crippen molar-refractivity contribution in [3.8, 4) is 0 Å². The van der Waals surface area contributed by atoms with Crippen LogP contribution in [0.4, 0.5) is 11.4 Å². The van der Waals surface area contributed by atoms with E-state index in [2.05, 4.69) is 4.90 Å². The SMILES string of the molecule is Nc1cc(Cl)c(Cl)cc1N1CCS(=O)CC1. The minimum absolute atomic E-state index is 0.462. The molecule has 2 rings (SSSR count). The molecule has 0 aliphatic carbocycles. The zero-order valence-electron chi connectivity index (χ0n) is 8.58. The number of nitrogen functional groups attached to an aromatic ring is 1.